The Balaban J connectivity index is 2.47. The molecule has 38 heavy (non-hydrogen) atoms. The van der Waals surface area contributed by atoms with Crippen LogP contribution in [0.5, 0.6) is 0 Å². The first kappa shape index (κ1) is 34.1. The van der Waals surface area contributed by atoms with Crippen molar-refractivity contribution in [2.75, 3.05) is 131 Å². The van der Waals surface area contributed by atoms with E-state index in [1.54, 1.807) is 4.90 Å². The van der Waals surface area contributed by atoms with Crippen LogP contribution in [0.25, 0.3) is 0 Å². The van der Waals surface area contributed by atoms with E-state index < -0.39 is 11.9 Å². The topological polar surface area (TPSA) is 170 Å². The second-order valence-corrected chi connectivity index (χ2v) is 9.03. The van der Waals surface area contributed by atoms with Gasteiger partial charge in [0, 0.05) is 65.4 Å². The number of carbonyl (C=O) groups is 3. The number of aliphatic carboxylic acids is 2. The number of amides is 1. The number of nitrogens with one attached hydrogen (secondary N) is 1. The standard InChI is InChI=1S/C24H48N6O8/c1-2-27-5-7-28(19-22(31)26-4-14-37-16-18-38-17-15-36-13-3-25)9-10-30(21-24(34)35)12-11-29(8-6-27)20-23(32)33/h2-21,25H2,1H3,(H,26,31)(H,32,33)(H,34,35). The fraction of sp³-hybridized carbons (Fsp3) is 0.875. The van der Waals surface area contributed by atoms with Crippen LogP contribution >= 0.6 is 0 Å². The third kappa shape index (κ3) is 18.4. The van der Waals surface area contributed by atoms with Gasteiger partial charge in [0.2, 0.25) is 5.91 Å². The van der Waals surface area contributed by atoms with E-state index in [0.29, 0.717) is 98.5 Å². The van der Waals surface area contributed by atoms with Gasteiger partial charge in [-0.25, -0.2) is 0 Å². The van der Waals surface area contributed by atoms with Gasteiger partial charge in [-0.1, -0.05) is 6.92 Å². The number of hydrogen-bond acceptors (Lipinski definition) is 11. The summed E-state index contributed by atoms with van der Waals surface area (Å²) in [5, 5.41) is 21.4. The van der Waals surface area contributed by atoms with Gasteiger partial charge >= 0.3 is 11.9 Å². The van der Waals surface area contributed by atoms with Crippen molar-refractivity contribution in [3.05, 3.63) is 0 Å². The number of nitrogens with zero attached hydrogens (tertiary/aromatic N) is 4. The zero-order chi connectivity index (χ0) is 28.0. The van der Waals surface area contributed by atoms with Crippen molar-refractivity contribution < 1.29 is 38.8 Å². The fourth-order valence-electron chi connectivity index (χ4n) is 3.90. The van der Waals surface area contributed by atoms with E-state index >= 15 is 0 Å². The first-order chi connectivity index (χ1) is 18.3. The van der Waals surface area contributed by atoms with Crippen LogP contribution in [0.4, 0.5) is 0 Å². The average molecular weight is 549 g/mol. The molecule has 1 amide bonds. The highest BCUT2D eigenvalue weighted by atomic mass is 16.5. The van der Waals surface area contributed by atoms with Crippen LogP contribution in [0.3, 0.4) is 0 Å². The minimum absolute atomic E-state index is 0.0777. The summed E-state index contributed by atoms with van der Waals surface area (Å²) in [7, 11) is 0. The molecule has 14 nitrogen and oxygen atoms in total. The highest BCUT2D eigenvalue weighted by Gasteiger charge is 2.19. The molecular weight excluding hydrogens is 500 g/mol. The second-order valence-electron chi connectivity index (χ2n) is 9.03. The Hall–Kier alpha value is -1.91. The number of likely N-dealkylation sites (N-methyl/N-ethyl adjacent to an activating group) is 1. The minimum atomic E-state index is -0.936. The van der Waals surface area contributed by atoms with Crippen molar-refractivity contribution in [1.82, 2.24) is 24.9 Å². The Bertz CT molecular complexity index is 659. The molecule has 1 aliphatic rings. The summed E-state index contributed by atoms with van der Waals surface area (Å²) in [5.74, 6) is -1.95. The van der Waals surface area contributed by atoms with Crippen molar-refractivity contribution in [2.45, 2.75) is 6.92 Å². The maximum absolute atomic E-state index is 12.6. The normalized spacial score (nSPS) is 17.5. The van der Waals surface area contributed by atoms with Crippen molar-refractivity contribution >= 4 is 17.8 Å². The molecule has 0 unspecified atom stereocenters. The van der Waals surface area contributed by atoms with Crippen LogP contribution in [0.15, 0.2) is 0 Å². The highest BCUT2D eigenvalue weighted by molar-refractivity contribution is 5.78. The van der Waals surface area contributed by atoms with Crippen molar-refractivity contribution in [3.8, 4) is 0 Å². The Morgan fingerprint density at radius 3 is 1.47 bits per heavy atom. The van der Waals surface area contributed by atoms with Crippen LogP contribution < -0.4 is 11.1 Å². The molecular formula is C24H48N6O8. The quantitative estimate of drug-likeness (QED) is 0.133. The average Bonchev–Trinajstić information content (AvgIpc) is 2.86. The first-order valence-corrected chi connectivity index (χ1v) is 13.4. The van der Waals surface area contributed by atoms with Gasteiger partial charge < -0.3 is 40.4 Å². The summed E-state index contributed by atoms with van der Waals surface area (Å²) in [6.45, 7) is 11.0. The first-order valence-electron chi connectivity index (χ1n) is 13.4. The van der Waals surface area contributed by atoms with Crippen LogP contribution in [-0.2, 0) is 28.6 Å². The summed E-state index contributed by atoms with van der Waals surface area (Å²) >= 11 is 0. The molecule has 0 aromatic heterocycles. The van der Waals surface area contributed by atoms with Gasteiger partial charge in [-0.05, 0) is 6.54 Å². The SMILES string of the molecule is CCN1CCN(CC(=O)O)CCN(CC(=O)O)CCN(CC(=O)NCCOCCOCCOCCN)CC1. The molecule has 0 bridgehead atoms. The number of hydrogen-bond donors (Lipinski definition) is 4. The van der Waals surface area contributed by atoms with E-state index in [2.05, 4.69) is 17.1 Å². The number of carboxylic acid groups (broad SMARTS) is 2. The van der Waals surface area contributed by atoms with Gasteiger partial charge in [-0.3, -0.25) is 29.1 Å². The van der Waals surface area contributed by atoms with E-state index in [9.17, 15) is 24.6 Å². The Labute approximate surface area is 225 Å². The maximum Gasteiger partial charge on any atom is 0.317 e. The Kier molecular flexibility index (Phi) is 19.7. The van der Waals surface area contributed by atoms with Crippen molar-refractivity contribution in [3.63, 3.8) is 0 Å². The smallest absolute Gasteiger partial charge is 0.317 e. The number of nitrogens with two attached hydrogens (primary N) is 1. The van der Waals surface area contributed by atoms with Gasteiger partial charge in [-0.15, -0.1) is 0 Å². The van der Waals surface area contributed by atoms with Gasteiger partial charge in [0.25, 0.3) is 0 Å². The molecule has 5 N–H and O–H groups in total. The minimum Gasteiger partial charge on any atom is -0.480 e. The molecule has 0 aliphatic carbocycles. The van der Waals surface area contributed by atoms with E-state index in [4.69, 9.17) is 19.9 Å². The van der Waals surface area contributed by atoms with Crippen LogP contribution in [0, 0.1) is 0 Å². The molecule has 0 aromatic rings. The molecule has 14 heteroatoms. The van der Waals surface area contributed by atoms with Crippen molar-refractivity contribution in [1.29, 1.82) is 0 Å². The molecule has 1 saturated heterocycles. The molecule has 0 radical (unpaired) electrons. The van der Waals surface area contributed by atoms with Gasteiger partial charge in [-0.2, -0.15) is 0 Å². The Morgan fingerprint density at radius 2 is 1.05 bits per heavy atom. The van der Waals surface area contributed by atoms with E-state index in [0.717, 1.165) is 13.1 Å². The molecule has 0 saturated carbocycles. The second kappa shape index (κ2) is 22.0. The fourth-order valence-corrected chi connectivity index (χ4v) is 3.90. The zero-order valence-electron chi connectivity index (χ0n) is 22.9. The molecule has 0 atom stereocenters. The third-order valence-electron chi connectivity index (χ3n) is 6.04. The van der Waals surface area contributed by atoms with Gasteiger partial charge in [0.1, 0.15) is 0 Å². The van der Waals surface area contributed by atoms with Gasteiger partial charge in [0.15, 0.2) is 0 Å². The third-order valence-corrected chi connectivity index (χ3v) is 6.04. The Morgan fingerprint density at radius 1 is 0.658 bits per heavy atom. The number of ether oxygens (including phenoxy) is 3. The summed E-state index contributed by atoms with van der Waals surface area (Å²) in [5.41, 5.74) is 5.34. The predicted octanol–water partition coefficient (Wildman–Crippen LogP) is -2.48. The predicted molar refractivity (Wildman–Crippen MR) is 141 cm³/mol. The lowest BCUT2D eigenvalue weighted by Gasteiger charge is -2.33. The van der Waals surface area contributed by atoms with Crippen LogP contribution in [0.2, 0.25) is 0 Å². The molecule has 0 aromatic carbocycles. The molecule has 222 valence electrons. The lowest BCUT2D eigenvalue weighted by atomic mass is 10.3. The molecule has 1 heterocycles. The summed E-state index contributed by atoms with van der Waals surface area (Å²) in [6, 6.07) is 0. The number of carbonyl (C=O) groups excluding carboxylic acids is 1. The summed E-state index contributed by atoms with van der Waals surface area (Å²) in [6.07, 6.45) is 0. The lowest BCUT2D eigenvalue weighted by molar-refractivity contribution is -0.140. The highest BCUT2D eigenvalue weighted by Crippen LogP contribution is 2.01. The summed E-state index contributed by atoms with van der Waals surface area (Å²) < 4.78 is 16.1. The monoisotopic (exact) mass is 548 g/mol. The van der Waals surface area contributed by atoms with Crippen molar-refractivity contribution in [2.24, 2.45) is 5.73 Å². The van der Waals surface area contributed by atoms with E-state index in [-0.39, 0.29) is 25.5 Å². The molecule has 0 spiro atoms. The van der Waals surface area contributed by atoms with Crippen LogP contribution in [-0.4, -0.2) is 179 Å². The molecule has 1 rings (SSSR count). The van der Waals surface area contributed by atoms with E-state index in [1.165, 1.54) is 0 Å². The molecule has 1 aliphatic heterocycles. The number of rotatable bonds is 18. The van der Waals surface area contributed by atoms with Crippen LogP contribution in [0.1, 0.15) is 6.92 Å². The maximum atomic E-state index is 12.6. The lowest BCUT2D eigenvalue weighted by Crippen LogP contribution is -2.49. The van der Waals surface area contributed by atoms with E-state index in [1.807, 2.05) is 9.80 Å². The summed E-state index contributed by atoms with van der Waals surface area (Å²) in [4.78, 5) is 43.1. The largest absolute Gasteiger partial charge is 0.480 e. The number of carboxylic acids is 2. The molecule has 1 fully saturated rings. The van der Waals surface area contributed by atoms with Gasteiger partial charge in [0.05, 0.1) is 59.3 Å². The zero-order valence-corrected chi connectivity index (χ0v) is 22.9.